The van der Waals surface area contributed by atoms with Crippen molar-refractivity contribution in [2.75, 3.05) is 63.6 Å². The number of anilines is 2. The molecule has 5 heteroatoms. The summed E-state index contributed by atoms with van der Waals surface area (Å²) in [6.07, 6.45) is 3.03. The summed E-state index contributed by atoms with van der Waals surface area (Å²) in [6.45, 7) is 9.19. The number of likely N-dealkylation sites (tertiary alicyclic amines) is 1. The average Bonchev–Trinajstić information content (AvgIpc) is 2.93. The van der Waals surface area contributed by atoms with E-state index in [-0.39, 0.29) is 0 Å². The van der Waals surface area contributed by atoms with Crippen molar-refractivity contribution in [3.63, 3.8) is 0 Å². The number of quaternary nitrogens is 1. The number of benzene rings is 1. The molecule has 0 aromatic heterocycles. The van der Waals surface area contributed by atoms with E-state index in [1.165, 1.54) is 30.4 Å². The molecule has 0 aliphatic carbocycles. The van der Waals surface area contributed by atoms with E-state index in [9.17, 15) is 0 Å². The van der Waals surface area contributed by atoms with Crippen LogP contribution in [-0.4, -0.2) is 63.6 Å². The fraction of sp³-hybridized carbons (Fsp3) is 0.667. The van der Waals surface area contributed by atoms with Crippen LogP contribution in [0.2, 0.25) is 0 Å². The molecule has 0 saturated carbocycles. The van der Waals surface area contributed by atoms with Crippen LogP contribution >= 0.6 is 0 Å². The van der Waals surface area contributed by atoms with Gasteiger partial charge in [-0.3, -0.25) is 0 Å². The van der Waals surface area contributed by atoms with Gasteiger partial charge in [-0.15, -0.1) is 0 Å². The predicted octanol–water partition coefficient (Wildman–Crippen LogP) is 2.11. The highest BCUT2D eigenvalue weighted by Gasteiger charge is 2.29. The summed E-state index contributed by atoms with van der Waals surface area (Å²) < 4.78 is 13.0. The molecule has 1 atom stereocenters. The smallest absolute Gasteiger partial charge is 0.144 e. The number of likely N-dealkylation sites (N-methyl/N-ethyl adjacent to an activating group) is 1. The number of rotatable bonds is 6. The first-order valence-corrected chi connectivity index (χ1v) is 8.78. The van der Waals surface area contributed by atoms with Crippen LogP contribution in [0.15, 0.2) is 18.2 Å². The van der Waals surface area contributed by atoms with Gasteiger partial charge in [-0.2, -0.15) is 0 Å². The third-order valence-corrected chi connectivity index (χ3v) is 5.05. The predicted molar refractivity (Wildman–Crippen MR) is 94.0 cm³/mol. The van der Waals surface area contributed by atoms with Gasteiger partial charge in [0.15, 0.2) is 0 Å². The lowest BCUT2D eigenvalue weighted by atomic mass is 10.2. The van der Waals surface area contributed by atoms with Crippen molar-refractivity contribution in [2.45, 2.75) is 25.9 Å². The van der Waals surface area contributed by atoms with Gasteiger partial charge in [0.05, 0.1) is 39.0 Å². The van der Waals surface area contributed by atoms with Crippen LogP contribution in [0.1, 0.15) is 19.8 Å². The van der Waals surface area contributed by atoms with Crippen LogP contribution < -0.4 is 15.4 Å². The Bertz CT molecular complexity index is 529. The van der Waals surface area contributed by atoms with E-state index in [2.05, 4.69) is 18.9 Å². The van der Waals surface area contributed by atoms with Crippen molar-refractivity contribution in [3.05, 3.63) is 18.2 Å². The number of hydrogen-bond acceptors (Lipinski definition) is 4. The van der Waals surface area contributed by atoms with E-state index in [4.69, 9.17) is 15.2 Å². The molecule has 1 saturated heterocycles. The van der Waals surface area contributed by atoms with Crippen molar-refractivity contribution in [3.8, 4) is 5.75 Å². The maximum absolute atomic E-state index is 6.09. The Kier molecular flexibility index (Phi) is 4.97. The lowest BCUT2D eigenvalue weighted by Crippen LogP contribution is -2.46. The number of ether oxygens (including phenoxy) is 2. The quantitative estimate of drug-likeness (QED) is 0.644. The van der Waals surface area contributed by atoms with Crippen molar-refractivity contribution in [1.29, 1.82) is 0 Å². The Morgan fingerprint density at radius 1 is 1.35 bits per heavy atom. The van der Waals surface area contributed by atoms with Gasteiger partial charge >= 0.3 is 0 Å². The molecule has 128 valence electrons. The third-order valence-electron chi connectivity index (χ3n) is 5.05. The second-order valence-corrected chi connectivity index (χ2v) is 7.20. The van der Waals surface area contributed by atoms with Gasteiger partial charge in [0, 0.05) is 31.1 Å². The summed E-state index contributed by atoms with van der Waals surface area (Å²) in [6, 6.07) is 5.88. The monoisotopic (exact) mass is 320 g/mol. The molecule has 5 nitrogen and oxygen atoms in total. The first-order chi connectivity index (χ1) is 11.1. The van der Waals surface area contributed by atoms with E-state index in [1.54, 1.807) is 0 Å². The van der Waals surface area contributed by atoms with Gasteiger partial charge in [0.25, 0.3) is 0 Å². The summed E-state index contributed by atoms with van der Waals surface area (Å²) in [5.74, 6) is 0.888. The van der Waals surface area contributed by atoms with Gasteiger partial charge in [0.2, 0.25) is 0 Å². The number of hydrogen-bond donors (Lipinski definition) is 1. The Morgan fingerprint density at radius 3 is 2.91 bits per heavy atom. The third kappa shape index (κ3) is 4.09. The van der Waals surface area contributed by atoms with Crippen LogP contribution in [0.25, 0.3) is 0 Å². The fourth-order valence-electron chi connectivity index (χ4n) is 3.85. The second-order valence-electron chi connectivity index (χ2n) is 7.20. The molecule has 3 rings (SSSR count). The number of fused-ring (bicyclic) bond motifs is 1. The lowest BCUT2D eigenvalue weighted by molar-refractivity contribution is -0.900. The molecular weight excluding hydrogens is 290 g/mol. The Balaban J connectivity index is 1.48. The highest BCUT2D eigenvalue weighted by Crippen LogP contribution is 2.33. The molecule has 2 heterocycles. The van der Waals surface area contributed by atoms with Gasteiger partial charge < -0.3 is 24.6 Å². The highest BCUT2D eigenvalue weighted by molar-refractivity contribution is 5.65. The molecule has 0 radical (unpaired) electrons. The zero-order chi connectivity index (χ0) is 16.3. The molecule has 0 bridgehead atoms. The normalized spacial score (nSPS) is 20.9. The maximum atomic E-state index is 6.09. The van der Waals surface area contributed by atoms with Crippen molar-refractivity contribution < 1.29 is 14.0 Å². The van der Waals surface area contributed by atoms with Crippen LogP contribution in [0.4, 0.5) is 11.4 Å². The SMILES string of the molecule is CC(C[N+]1(C)CCCC1)OCCN1CCOc2cc(N)ccc21. The summed E-state index contributed by atoms with van der Waals surface area (Å²) >= 11 is 0. The minimum absolute atomic E-state index is 0.310. The Morgan fingerprint density at radius 2 is 2.13 bits per heavy atom. The summed E-state index contributed by atoms with van der Waals surface area (Å²) in [5.41, 5.74) is 7.71. The van der Waals surface area contributed by atoms with E-state index in [1.807, 2.05) is 18.2 Å². The molecule has 23 heavy (non-hydrogen) atoms. The van der Waals surface area contributed by atoms with Crippen molar-refractivity contribution >= 4 is 11.4 Å². The Hall–Kier alpha value is -1.46. The average molecular weight is 320 g/mol. The number of nitrogens with two attached hydrogens (primary N) is 1. The fourth-order valence-corrected chi connectivity index (χ4v) is 3.85. The standard InChI is InChI=1S/C18H30N3O2/c1-15(14-21(2)9-3-4-10-21)22-11-7-20-8-12-23-18-13-16(19)5-6-17(18)20/h5-6,13,15H,3-4,7-12,14,19H2,1-2H3/q+1. The molecule has 1 fully saturated rings. The van der Waals surface area contributed by atoms with E-state index in [0.717, 1.165) is 43.4 Å². The molecule has 2 aliphatic rings. The minimum Gasteiger partial charge on any atom is -0.489 e. The summed E-state index contributed by atoms with van der Waals surface area (Å²) in [7, 11) is 2.36. The van der Waals surface area contributed by atoms with Gasteiger partial charge in [-0.05, 0) is 19.1 Å². The first kappa shape index (κ1) is 16.4. The molecule has 1 unspecified atom stereocenters. The molecule has 0 amide bonds. The number of nitrogen functional groups attached to an aromatic ring is 1. The van der Waals surface area contributed by atoms with E-state index >= 15 is 0 Å². The Labute approximate surface area is 139 Å². The number of nitrogens with zero attached hydrogens (tertiary/aromatic N) is 2. The first-order valence-electron chi connectivity index (χ1n) is 8.78. The van der Waals surface area contributed by atoms with E-state index < -0.39 is 0 Å². The van der Waals surface area contributed by atoms with Crippen LogP contribution in [0, 0.1) is 0 Å². The molecule has 1 aromatic carbocycles. The maximum Gasteiger partial charge on any atom is 0.144 e. The summed E-state index contributed by atoms with van der Waals surface area (Å²) in [4.78, 5) is 2.33. The topological polar surface area (TPSA) is 47.7 Å². The second kappa shape index (κ2) is 6.97. The van der Waals surface area contributed by atoms with Crippen molar-refractivity contribution in [1.82, 2.24) is 0 Å². The summed E-state index contributed by atoms with van der Waals surface area (Å²) in [5, 5.41) is 0. The van der Waals surface area contributed by atoms with Crippen LogP contribution in [0.3, 0.4) is 0 Å². The van der Waals surface area contributed by atoms with Crippen molar-refractivity contribution in [2.24, 2.45) is 0 Å². The van der Waals surface area contributed by atoms with Gasteiger partial charge in [-0.25, -0.2) is 0 Å². The molecule has 2 aliphatic heterocycles. The zero-order valence-electron chi connectivity index (χ0n) is 14.5. The largest absolute Gasteiger partial charge is 0.489 e. The molecule has 1 aromatic rings. The van der Waals surface area contributed by atoms with Gasteiger partial charge in [0.1, 0.15) is 25.0 Å². The van der Waals surface area contributed by atoms with Crippen LogP contribution in [0.5, 0.6) is 5.75 Å². The van der Waals surface area contributed by atoms with E-state index in [0.29, 0.717) is 12.7 Å². The lowest BCUT2D eigenvalue weighted by Gasteiger charge is -2.33. The van der Waals surface area contributed by atoms with Crippen LogP contribution in [-0.2, 0) is 4.74 Å². The van der Waals surface area contributed by atoms with Gasteiger partial charge in [-0.1, -0.05) is 0 Å². The minimum atomic E-state index is 0.310. The molecule has 0 spiro atoms. The zero-order valence-corrected chi connectivity index (χ0v) is 14.5. The molecular formula is C18H30N3O2+. The molecule has 2 N–H and O–H groups in total. The highest BCUT2D eigenvalue weighted by atomic mass is 16.5.